The number of hydrogen-bond acceptors (Lipinski definition) is 5. The summed E-state index contributed by atoms with van der Waals surface area (Å²) in [5, 5.41) is 5.00. The SMILES string of the molecule is CCOc1cc(/C=C2/NC(=O)N(CC(=O)Nc3ccccc3F)C2=O)cc(Cl)c1OC. The van der Waals surface area contributed by atoms with E-state index in [9.17, 15) is 18.8 Å². The molecule has 1 heterocycles. The van der Waals surface area contributed by atoms with Gasteiger partial charge in [0.15, 0.2) is 11.5 Å². The van der Waals surface area contributed by atoms with Crippen molar-refractivity contribution in [2.24, 2.45) is 0 Å². The van der Waals surface area contributed by atoms with Crippen molar-refractivity contribution in [3.63, 3.8) is 0 Å². The third kappa shape index (κ3) is 4.95. The molecule has 0 spiro atoms. The normalized spacial score (nSPS) is 14.6. The van der Waals surface area contributed by atoms with E-state index in [0.717, 1.165) is 4.90 Å². The van der Waals surface area contributed by atoms with Crippen LogP contribution in [0.5, 0.6) is 11.5 Å². The molecule has 8 nitrogen and oxygen atoms in total. The number of amides is 4. The number of urea groups is 1. The summed E-state index contributed by atoms with van der Waals surface area (Å²) in [7, 11) is 1.45. The van der Waals surface area contributed by atoms with Gasteiger partial charge in [-0.3, -0.25) is 9.59 Å². The van der Waals surface area contributed by atoms with Crippen LogP contribution in [0.1, 0.15) is 12.5 Å². The molecule has 4 amide bonds. The maximum absolute atomic E-state index is 13.7. The standard InChI is InChI=1S/C21H19ClFN3O5/c1-3-31-17-10-12(8-13(22)19(17)30-2)9-16-20(28)26(21(29)25-16)11-18(27)24-15-7-5-4-6-14(15)23/h4-10H,3,11H2,1-2H3,(H,24,27)(H,25,29)/b16-9+. The van der Waals surface area contributed by atoms with Crippen molar-refractivity contribution in [3.8, 4) is 11.5 Å². The third-order valence-corrected chi connectivity index (χ3v) is 4.54. The van der Waals surface area contributed by atoms with Crippen LogP contribution in [-0.4, -0.2) is 43.0 Å². The van der Waals surface area contributed by atoms with Crippen LogP contribution in [0.2, 0.25) is 5.02 Å². The number of carbonyl (C=O) groups excluding carboxylic acids is 3. The smallest absolute Gasteiger partial charge is 0.329 e. The summed E-state index contributed by atoms with van der Waals surface area (Å²) in [6.07, 6.45) is 1.41. The fraction of sp³-hybridized carbons (Fsp3) is 0.190. The highest BCUT2D eigenvalue weighted by Gasteiger charge is 2.35. The number of nitrogens with zero attached hydrogens (tertiary/aromatic N) is 1. The minimum atomic E-state index is -0.774. The summed E-state index contributed by atoms with van der Waals surface area (Å²) < 4.78 is 24.4. The van der Waals surface area contributed by atoms with Gasteiger partial charge in [0.2, 0.25) is 5.91 Å². The van der Waals surface area contributed by atoms with E-state index in [1.807, 2.05) is 0 Å². The van der Waals surface area contributed by atoms with Crippen LogP contribution < -0.4 is 20.1 Å². The van der Waals surface area contributed by atoms with E-state index in [-0.39, 0.29) is 16.4 Å². The second-order valence-corrected chi connectivity index (χ2v) is 6.78. The van der Waals surface area contributed by atoms with E-state index in [0.29, 0.717) is 23.7 Å². The molecule has 2 aromatic rings. The summed E-state index contributed by atoms with van der Waals surface area (Å²) in [5.74, 6) is -1.34. The molecule has 3 rings (SSSR count). The summed E-state index contributed by atoms with van der Waals surface area (Å²) in [4.78, 5) is 37.7. The Labute approximate surface area is 182 Å². The highest BCUT2D eigenvalue weighted by molar-refractivity contribution is 6.32. The van der Waals surface area contributed by atoms with Crippen molar-refractivity contribution < 1.29 is 28.2 Å². The molecule has 0 unspecified atom stereocenters. The van der Waals surface area contributed by atoms with Gasteiger partial charge in [-0.15, -0.1) is 0 Å². The van der Waals surface area contributed by atoms with E-state index in [4.69, 9.17) is 21.1 Å². The zero-order chi connectivity index (χ0) is 22.5. The molecule has 0 atom stereocenters. The Bertz CT molecular complexity index is 1070. The van der Waals surface area contributed by atoms with Crippen LogP contribution in [0.3, 0.4) is 0 Å². The van der Waals surface area contributed by atoms with Gasteiger partial charge in [-0.2, -0.15) is 0 Å². The monoisotopic (exact) mass is 447 g/mol. The lowest BCUT2D eigenvalue weighted by atomic mass is 10.1. The van der Waals surface area contributed by atoms with E-state index in [1.54, 1.807) is 25.1 Å². The van der Waals surface area contributed by atoms with Crippen molar-refractivity contribution >= 4 is 41.2 Å². The van der Waals surface area contributed by atoms with E-state index >= 15 is 0 Å². The van der Waals surface area contributed by atoms with E-state index in [2.05, 4.69) is 10.6 Å². The number of anilines is 1. The Balaban J connectivity index is 1.77. The van der Waals surface area contributed by atoms with Crippen LogP contribution in [0.25, 0.3) is 6.08 Å². The first-order chi connectivity index (χ1) is 14.8. The van der Waals surface area contributed by atoms with Crippen molar-refractivity contribution in [2.75, 3.05) is 25.6 Å². The molecule has 1 fully saturated rings. The maximum Gasteiger partial charge on any atom is 0.329 e. The molecule has 1 aliphatic rings. The number of carbonyl (C=O) groups is 3. The zero-order valence-corrected chi connectivity index (χ0v) is 17.5. The zero-order valence-electron chi connectivity index (χ0n) is 16.7. The molecule has 0 saturated carbocycles. The van der Waals surface area contributed by atoms with Gasteiger partial charge in [-0.1, -0.05) is 23.7 Å². The molecule has 1 aliphatic heterocycles. The van der Waals surface area contributed by atoms with Crippen LogP contribution in [0.15, 0.2) is 42.1 Å². The number of para-hydroxylation sites is 1. The highest BCUT2D eigenvalue weighted by Crippen LogP contribution is 2.37. The summed E-state index contributed by atoms with van der Waals surface area (Å²) in [5.41, 5.74) is 0.384. The predicted molar refractivity (Wildman–Crippen MR) is 112 cm³/mol. The molecule has 2 aromatic carbocycles. The second kappa shape index (κ2) is 9.48. The molecule has 0 bridgehead atoms. The van der Waals surface area contributed by atoms with Crippen molar-refractivity contribution in [2.45, 2.75) is 6.92 Å². The number of hydrogen-bond donors (Lipinski definition) is 2. The first-order valence-corrected chi connectivity index (χ1v) is 9.61. The van der Waals surface area contributed by atoms with Gasteiger partial charge < -0.3 is 20.1 Å². The van der Waals surface area contributed by atoms with Crippen molar-refractivity contribution in [1.82, 2.24) is 10.2 Å². The Morgan fingerprint density at radius 1 is 1.29 bits per heavy atom. The van der Waals surface area contributed by atoms with Crippen LogP contribution in [0, 0.1) is 5.82 Å². The number of ether oxygens (including phenoxy) is 2. The van der Waals surface area contributed by atoms with Crippen molar-refractivity contribution in [3.05, 3.63) is 58.5 Å². The van der Waals surface area contributed by atoms with Gasteiger partial charge in [0, 0.05) is 0 Å². The number of methoxy groups -OCH3 is 1. The number of imide groups is 1. The van der Waals surface area contributed by atoms with E-state index < -0.39 is 30.2 Å². The van der Waals surface area contributed by atoms with Gasteiger partial charge in [-0.05, 0) is 42.8 Å². The fourth-order valence-corrected chi connectivity index (χ4v) is 3.21. The molecule has 0 radical (unpaired) electrons. The van der Waals surface area contributed by atoms with Crippen LogP contribution in [-0.2, 0) is 9.59 Å². The average Bonchev–Trinajstić information content (AvgIpc) is 2.97. The second-order valence-electron chi connectivity index (χ2n) is 6.37. The lowest BCUT2D eigenvalue weighted by molar-refractivity contribution is -0.127. The number of benzene rings is 2. The first kappa shape index (κ1) is 22.1. The minimum absolute atomic E-state index is 0.0487. The number of nitrogens with one attached hydrogen (secondary N) is 2. The quantitative estimate of drug-likeness (QED) is 0.500. The van der Waals surface area contributed by atoms with Crippen molar-refractivity contribution in [1.29, 1.82) is 0 Å². The van der Waals surface area contributed by atoms with Crippen LogP contribution >= 0.6 is 11.6 Å². The molecule has 0 aromatic heterocycles. The summed E-state index contributed by atoms with van der Waals surface area (Å²) in [6, 6.07) is 7.95. The van der Waals surface area contributed by atoms with E-state index in [1.165, 1.54) is 31.4 Å². The number of halogens is 2. The van der Waals surface area contributed by atoms with Gasteiger partial charge in [0.05, 0.1) is 24.4 Å². The predicted octanol–water partition coefficient (Wildman–Crippen LogP) is 3.42. The molecule has 162 valence electrons. The fourth-order valence-electron chi connectivity index (χ4n) is 2.91. The summed E-state index contributed by atoms with van der Waals surface area (Å²) >= 11 is 6.21. The number of rotatable bonds is 7. The Kier molecular flexibility index (Phi) is 6.76. The molecule has 0 aliphatic carbocycles. The third-order valence-electron chi connectivity index (χ3n) is 4.26. The molecule has 31 heavy (non-hydrogen) atoms. The topological polar surface area (TPSA) is 97.0 Å². The first-order valence-electron chi connectivity index (χ1n) is 9.23. The van der Waals surface area contributed by atoms with Gasteiger partial charge in [0.1, 0.15) is 18.1 Å². The lowest BCUT2D eigenvalue weighted by Gasteiger charge is -2.12. The van der Waals surface area contributed by atoms with Gasteiger partial charge >= 0.3 is 6.03 Å². The summed E-state index contributed by atoms with van der Waals surface area (Å²) in [6.45, 7) is 1.58. The van der Waals surface area contributed by atoms with Crippen LogP contribution in [0.4, 0.5) is 14.9 Å². The van der Waals surface area contributed by atoms with Gasteiger partial charge in [0.25, 0.3) is 5.91 Å². The highest BCUT2D eigenvalue weighted by atomic mass is 35.5. The molecule has 1 saturated heterocycles. The average molecular weight is 448 g/mol. The molecular formula is C21H19ClFN3O5. The largest absolute Gasteiger partial charge is 0.491 e. The lowest BCUT2D eigenvalue weighted by Crippen LogP contribution is -2.38. The minimum Gasteiger partial charge on any atom is -0.491 e. The Morgan fingerprint density at radius 2 is 2.03 bits per heavy atom. The molecule has 2 N–H and O–H groups in total. The van der Waals surface area contributed by atoms with Gasteiger partial charge in [-0.25, -0.2) is 14.1 Å². The maximum atomic E-state index is 13.7. The molecule has 10 heteroatoms. The molecular weight excluding hydrogens is 429 g/mol. The Hall–Kier alpha value is -3.59. The Morgan fingerprint density at radius 3 is 2.71 bits per heavy atom.